The second-order valence-corrected chi connectivity index (χ2v) is 6.81. The van der Waals surface area contributed by atoms with Crippen LogP contribution in [0.5, 0.6) is 0 Å². The van der Waals surface area contributed by atoms with Crippen molar-refractivity contribution >= 4 is 17.4 Å². The summed E-state index contributed by atoms with van der Waals surface area (Å²) >= 11 is 0. The van der Waals surface area contributed by atoms with E-state index < -0.39 is 18.8 Å². The highest BCUT2D eigenvalue weighted by atomic mass is 19.4. The Labute approximate surface area is 175 Å². The number of urea groups is 1. The summed E-state index contributed by atoms with van der Waals surface area (Å²) in [4.78, 5) is 24.9. The molecule has 2 N–H and O–H groups in total. The van der Waals surface area contributed by atoms with Crippen molar-refractivity contribution in [3.63, 3.8) is 0 Å². The van der Waals surface area contributed by atoms with Gasteiger partial charge in [-0.25, -0.2) is 19.7 Å². The van der Waals surface area contributed by atoms with Crippen molar-refractivity contribution in [1.29, 1.82) is 0 Å². The molecule has 0 aliphatic rings. The van der Waals surface area contributed by atoms with Crippen LogP contribution in [0.3, 0.4) is 0 Å². The SMILES string of the molecule is Cc1ccnc(-c2ccn3c(-c4cccc(NC(=O)NCC(F)(F)F)c4)cnc3c2)n1. The number of amides is 2. The van der Waals surface area contributed by atoms with Crippen LogP contribution in [0.1, 0.15) is 5.69 Å². The molecule has 3 aromatic heterocycles. The molecule has 3 heterocycles. The van der Waals surface area contributed by atoms with Crippen molar-refractivity contribution in [1.82, 2.24) is 24.7 Å². The van der Waals surface area contributed by atoms with Crippen LogP contribution >= 0.6 is 0 Å². The van der Waals surface area contributed by atoms with Gasteiger partial charge >= 0.3 is 12.2 Å². The number of pyridine rings is 1. The molecule has 31 heavy (non-hydrogen) atoms. The molecule has 0 aliphatic carbocycles. The average Bonchev–Trinajstić information content (AvgIpc) is 3.15. The van der Waals surface area contributed by atoms with Gasteiger partial charge in [0.15, 0.2) is 5.82 Å². The predicted octanol–water partition coefficient (Wildman–Crippen LogP) is 4.45. The Morgan fingerprint density at radius 3 is 2.71 bits per heavy atom. The van der Waals surface area contributed by atoms with Gasteiger partial charge in [0.25, 0.3) is 0 Å². The van der Waals surface area contributed by atoms with Crippen LogP contribution in [-0.4, -0.2) is 38.1 Å². The molecule has 0 fully saturated rings. The normalized spacial score (nSPS) is 11.5. The smallest absolute Gasteiger partial charge is 0.329 e. The van der Waals surface area contributed by atoms with E-state index in [4.69, 9.17) is 0 Å². The number of benzene rings is 1. The van der Waals surface area contributed by atoms with Crippen LogP contribution < -0.4 is 10.6 Å². The van der Waals surface area contributed by atoms with E-state index in [0.29, 0.717) is 17.2 Å². The van der Waals surface area contributed by atoms with Crippen molar-refractivity contribution in [3.8, 4) is 22.6 Å². The summed E-state index contributed by atoms with van der Waals surface area (Å²) in [6, 6.07) is 11.4. The monoisotopic (exact) mass is 426 g/mol. The number of fused-ring (bicyclic) bond motifs is 1. The summed E-state index contributed by atoms with van der Waals surface area (Å²) < 4.78 is 38.6. The van der Waals surface area contributed by atoms with E-state index in [1.165, 1.54) is 0 Å². The van der Waals surface area contributed by atoms with E-state index >= 15 is 0 Å². The maximum absolute atomic E-state index is 12.2. The third-order valence-corrected chi connectivity index (χ3v) is 4.43. The molecule has 0 radical (unpaired) electrons. The number of aryl methyl sites for hydroxylation is 1. The van der Waals surface area contributed by atoms with Gasteiger partial charge in [0.1, 0.15) is 12.2 Å². The summed E-state index contributed by atoms with van der Waals surface area (Å²) in [6.45, 7) is 0.487. The Bertz CT molecular complexity index is 1250. The molecule has 1 aromatic carbocycles. The van der Waals surface area contributed by atoms with Gasteiger partial charge in [-0.1, -0.05) is 12.1 Å². The molecular formula is C21H17F3N6O. The minimum atomic E-state index is -4.47. The number of nitrogens with one attached hydrogen (secondary N) is 2. The Morgan fingerprint density at radius 2 is 1.94 bits per heavy atom. The molecule has 0 saturated carbocycles. The maximum Gasteiger partial charge on any atom is 0.405 e. The van der Waals surface area contributed by atoms with Gasteiger partial charge in [0, 0.05) is 34.9 Å². The number of hydrogen-bond donors (Lipinski definition) is 2. The van der Waals surface area contributed by atoms with Crippen molar-refractivity contribution < 1.29 is 18.0 Å². The molecular weight excluding hydrogens is 409 g/mol. The largest absolute Gasteiger partial charge is 0.405 e. The lowest BCUT2D eigenvalue weighted by molar-refractivity contribution is -0.122. The first-order chi connectivity index (χ1) is 14.8. The fourth-order valence-electron chi connectivity index (χ4n) is 3.03. The number of imidazole rings is 1. The molecule has 0 bridgehead atoms. The molecule has 4 aromatic rings. The van der Waals surface area contributed by atoms with Crippen molar-refractivity contribution in [2.24, 2.45) is 0 Å². The zero-order valence-electron chi connectivity index (χ0n) is 16.3. The van der Waals surface area contributed by atoms with Crippen molar-refractivity contribution in [2.75, 3.05) is 11.9 Å². The summed E-state index contributed by atoms with van der Waals surface area (Å²) in [5.74, 6) is 0.600. The van der Waals surface area contributed by atoms with E-state index in [2.05, 4.69) is 20.3 Å². The van der Waals surface area contributed by atoms with Crippen LogP contribution in [-0.2, 0) is 0 Å². The number of carbonyl (C=O) groups is 1. The summed E-state index contributed by atoms with van der Waals surface area (Å²) in [6.07, 6.45) is 0.744. The standard InChI is InChI=1S/C21H17F3N6O/c1-13-5-7-25-19(28-13)15-6-8-30-17(11-26-18(30)10-15)14-3-2-4-16(9-14)29-20(31)27-12-21(22,23)24/h2-11H,12H2,1H3,(H2,27,29,31). The second kappa shape index (κ2) is 8.05. The zero-order valence-corrected chi connectivity index (χ0v) is 16.3. The molecule has 158 valence electrons. The second-order valence-electron chi connectivity index (χ2n) is 6.81. The number of nitrogens with zero attached hydrogens (tertiary/aromatic N) is 4. The topological polar surface area (TPSA) is 84.2 Å². The Balaban J connectivity index is 1.58. The number of halogens is 3. The predicted molar refractivity (Wildman–Crippen MR) is 109 cm³/mol. The maximum atomic E-state index is 12.2. The number of hydrogen-bond acceptors (Lipinski definition) is 4. The average molecular weight is 426 g/mol. The number of rotatable bonds is 4. The first-order valence-corrected chi connectivity index (χ1v) is 9.28. The van der Waals surface area contributed by atoms with Gasteiger partial charge in [0.2, 0.25) is 0 Å². The van der Waals surface area contributed by atoms with E-state index in [0.717, 1.165) is 22.5 Å². The van der Waals surface area contributed by atoms with Crippen LogP contribution in [0.25, 0.3) is 28.3 Å². The first-order valence-electron chi connectivity index (χ1n) is 9.28. The number of alkyl halides is 3. The molecule has 0 aliphatic heterocycles. The van der Waals surface area contributed by atoms with E-state index in [1.807, 2.05) is 41.8 Å². The highest BCUT2D eigenvalue weighted by Crippen LogP contribution is 2.26. The van der Waals surface area contributed by atoms with Gasteiger partial charge in [-0.3, -0.25) is 4.40 Å². The quantitative estimate of drug-likeness (QED) is 0.505. The van der Waals surface area contributed by atoms with Gasteiger partial charge in [0.05, 0.1) is 11.9 Å². The Kier molecular flexibility index (Phi) is 5.28. The molecule has 0 spiro atoms. The summed E-state index contributed by atoms with van der Waals surface area (Å²) in [5.41, 5.74) is 4.21. The first kappa shape index (κ1) is 20.3. The summed E-state index contributed by atoms with van der Waals surface area (Å²) in [7, 11) is 0. The van der Waals surface area contributed by atoms with Crippen LogP contribution in [0.2, 0.25) is 0 Å². The number of anilines is 1. The fraction of sp³-hybridized carbons (Fsp3) is 0.143. The van der Waals surface area contributed by atoms with Crippen LogP contribution in [0, 0.1) is 6.92 Å². The fourth-order valence-corrected chi connectivity index (χ4v) is 3.03. The minimum Gasteiger partial charge on any atom is -0.329 e. The van der Waals surface area contributed by atoms with E-state index in [1.54, 1.807) is 35.9 Å². The van der Waals surface area contributed by atoms with Crippen molar-refractivity contribution in [3.05, 3.63) is 66.7 Å². The Hall–Kier alpha value is -3.95. The lowest BCUT2D eigenvalue weighted by Crippen LogP contribution is -2.36. The molecule has 0 atom stereocenters. The van der Waals surface area contributed by atoms with Crippen LogP contribution in [0.15, 0.2) is 61.1 Å². The highest BCUT2D eigenvalue weighted by Gasteiger charge is 2.27. The molecule has 0 saturated heterocycles. The highest BCUT2D eigenvalue weighted by molar-refractivity contribution is 5.90. The van der Waals surface area contributed by atoms with Gasteiger partial charge in [-0.05, 0) is 37.3 Å². The van der Waals surface area contributed by atoms with Gasteiger partial charge < -0.3 is 10.6 Å². The Morgan fingerprint density at radius 1 is 1.10 bits per heavy atom. The molecule has 0 unspecified atom stereocenters. The van der Waals surface area contributed by atoms with Gasteiger partial charge in [-0.2, -0.15) is 13.2 Å². The van der Waals surface area contributed by atoms with Gasteiger partial charge in [-0.15, -0.1) is 0 Å². The van der Waals surface area contributed by atoms with Crippen molar-refractivity contribution in [2.45, 2.75) is 13.1 Å². The number of carbonyl (C=O) groups excluding carboxylic acids is 1. The lowest BCUT2D eigenvalue weighted by atomic mass is 10.1. The lowest BCUT2D eigenvalue weighted by Gasteiger charge is -2.11. The third-order valence-electron chi connectivity index (χ3n) is 4.43. The molecule has 2 amide bonds. The third kappa shape index (κ3) is 4.80. The van der Waals surface area contributed by atoms with E-state index in [9.17, 15) is 18.0 Å². The molecule has 7 nitrogen and oxygen atoms in total. The molecule has 10 heteroatoms. The zero-order chi connectivity index (χ0) is 22.0. The van der Waals surface area contributed by atoms with E-state index in [-0.39, 0.29) is 0 Å². The summed E-state index contributed by atoms with van der Waals surface area (Å²) in [5, 5.41) is 4.18. The molecule has 4 rings (SSSR count). The minimum absolute atomic E-state index is 0.358. The van der Waals surface area contributed by atoms with Crippen LogP contribution in [0.4, 0.5) is 23.7 Å². The number of aromatic nitrogens is 4.